The van der Waals surface area contributed by atoms with Crippen LogP contribution in [0.1, 0.15) is 81.6 Å². The molecule has 0 N–H and O–H groups in total. The summed E-state index contributed by atoms with van der Waals surface area (Å²) in [6.07, 6.45) is 16.3. The maximum Gasteiger partial charge on any atom is 0.379 e. The third-order valence-electron chi connectivity index (χ3n) is 4.41. The Balaban J connectivity index is 2.32. The molecule has 1 aromatic rings. The maximum absolute atomic E-state index is 12.2. The molecule has 7 heteroatoms. The van der Waals surface area contributed by atoms with Crippen molar-refractivity contribution in [2.75, 3.05) is 14.1 Å². The average molecular weight is 373 g/mol. The fourth-order valence-corrected chi connectivity index (χ4v) is 3.77. The van der Waals surface area contributed by atoms with E-state index in [1.807, 2.05) is 0 Å². The van der Waals surface area contributed by atoms with Crippen LogP contribution < -0.4 is 4.57 Å². The highest BCUT2D eigenvalue weighted by atomic mass is 32.2. The number of aromatic nitrogens is 2. The van der Waals surface area contributed by atoms with Gasteiger partial charge >= 0.3 is 10.2 Å². The summed E-state index contributed by atoms with van der Waals surface area (Å²) in [7, 11) is -0.744. The van der Waals surface area contributed by atoms with Crippen LogP contribution in [0.5, 0.6) is 0 Å². The first kappa shape index (κ1) is 21.8. The number of nitrogens with zero attached hydrogens (tertiary/aromatic N) is 3. The van der Waals surface area contributed by atoms with Gasteiger partial charge in [0.15, 0.2) is 6.29 Å². The van der Waals surface area contributed by atoms with Crippen LogP contribution in [0.3, 0.4) is 0 Å². The molecule has 0 aliphatic heterocycles. The summed E-state index contributed by atoms with van der Waals surface area (Å²) < 4.78 is 28.3. The Hall–Kier alpha value is -1.21. The average Bonchev–Trinajstić information content (AvgIpc) is 3.00. The van der Waals surface area contributed by atoms with Crippen molar-refractivity contribution < 1.29 is 17.8 Å². The molecule has 25 heavy (non-hydrogen) atoms. The van der Waals surface area contributed by atoms with Crippen molar-refractivity contribution in [3.63, 3.8) is 0 Å². The first-order chi connectivity index (χ1) is 11.9. The molecule has 0 aromatic carbocycles. The number of hydrogen-bond acceptors (Lipinski definition) is 3. The monoisotopic (exact) mass is 372 g/mol. The largest absolute Gasteiger partial charge is 0.379 e. The van der Waals surface area contributed by atoms with Crippen LogP contribution in [0.15, 0.2) is 12.5 Å². The van der Waals surface area contributed by atoms with Gasteiger partial charge in [0.05, 0.1) is 6.54 Å². The van der Waals surface area contributed by atoms with Gasteiger partial charge in [-0.2, -0.15) is 12.7 Å². The number of unbranched alkanes of at least 4 members (excludes halogenated alkanes) is 9. The molecule has 1 aromatic heterocycles. The third-order valence-corrected chi connectivity index (χ3v) is 6.13. The Kier molecular flexibility index (Phi) is 9.97. The lowest BCUT2D eigenvalue weighted by Gasteiger charge is -2.06. The lowest BCUT2D eigenvalue weighted by molar-refractivity contribution is -0.696. The Morgan fingerprint density at radius 3 is 2.00 bits per heavy atom. The molecule has 0 saturated carbocycles. The molecule has 1 heterocycles. The zero-order chi connectivity index (χ0) is 18.7. The van der Waals surface area contributed by atoms with E-state index in [0.29, 0.717) is 6.29 Å². The van der Waals surface area contributed by atoms with E-state index in [1.54, 1.807) is 10.8 Å². The molecule has 0 fully saturated rings. The summed E-state index contributed by atoms with van der Waals surface area (Å²) in [5.74, 6) is 0. The Morgan fingerprint density at radius 2 is 1.52 bits per heavy atom. The minimum atomic E-state index is -3.65. The highest BCUT2D eigenvalue weighted by Crippen LogP contribution is 2.10. The number of aryl methyl sites for hydroxylation is 1. The summed E-state index contributed by atoms with van der Waals surface area (Å²) in [4.78, 5) is 11.1. The fourth-order valence-electron chi connectivity index (χ4n) is 2.82. The van der Waals surface area contributed by atoms with Crippen molar-refractivity contribution in [3.8, 4) is 0 Å². The van der Waals surface area contributed by atoms with E-state index in [0.717, 1.165) is 27.7 Å². The van der Waals surface area contributed by atoms with Gasteiger partial charge in [0.1, 0.15) is 6.20 Å². The lowest BCUT2D eigenvalue weighted by Crippen LogP contribution is -2.33. The van der Waals surface area contributed by atoms with Crippen LogP contribution in [0.2, 0.25) is 0 Å². The molecule has 0 unspecified atom stereocenters. The highest BCUT2D eigenvalue weighted by molar-refractivity contribution is 7.87. The first-order valence-electron chi connectivity index (χ1n) is 9.43. The van der Waals surface area contributed by atoms with Crippen molar-refractivity contribution in [2.45, 2.75) is 77.7 Å². The van der Waals surface area contributed by atoms with Crippen LogP contribution in [0.4, 0.5) is 0 Å². The smallest absolute Gasteiger partial charge is 0.294 e. The summed E-state index contributed by atoms with van der Waals surface area (Å²) in [6, 6.07) is 0. The van der Waals surface area contributed by atoms with Gasteiger partial charge in [-0.25, -0.2) is 4.57 Å². The lowest BCUT2D eigenvalue weighted by atomic mass is 10.1. The summed E-state index contributed by atoms with van der Waals surface area (Å²) in [6.45, 7) is 2.97. The van der Waals surface area contributed by atoms with Crippen molar-refractivity contribution in [2.24, 2.45) is 0 Å². The van der Waals surface area contributed by atoms with Crippen molar-refractivity contribution in [1.29, 1.82) is 0 Å². The molecule has 6 nitrogen and oxygen atoms in total. The van der Waals surface area contributed by atoms with Crippen LogP contribution in [0.25, 0.3) is 0 Å². The summed E-state index contributed by atoms with van der Waals surface area (Å²) in [5, 5.41) is 0. The van der Waals surface area contributed by atoms with E-state index in [4.69, 9.17) is 0 Å². The van der Waals surface area contributed by atoms with Gasteiger partial charge in [-0.1, -0.05) is 58.3 Å². The number of imidazole rings is 1. The standard InChI is InChI=1S/C18H34N3O3S/c1-4-5-6-7-8-9-10-11-12-13-14-20-15-18(16-22)21(17-20)25(23,24)19(2)3/h15-17H,4-14H2,1-3H3/q+1. The summed E-state index contributed by atoms with van der Waals surface area (Å²) >= 11 is 0. The molecule has 144 valence electrons. The second-order valence-electron chi connectivity index (χ2n) is 6.79. The van der Waals surface area contributed by atoms with Crippen LogP contribution in [0, 0.1) is 0 Å². The number of hydrogen-bond donors (Lipinski definition) is 0. The molecular weight excluding hydrogens is 338 g/mol. The normalized spacial score (nSPS) is 12.0. The molecule has 1 rings (SSSR count). The van der Waals surface area contributed by atoms with Crippen LogP contribution in [-0.2, 0) is 16.8 Å². The first-order valence-corrected chi connectivity index (χ1v) is 10.8. The molecule has 0 aliphatic carbocycles. The number of aldehydes is 1. The van der Waals surface area contributed by atoms with Gasteiger partial charge in [-0.15, -0.1) is 3.97 Å². The zero-order valence-electron chi connectivity index (χ0n) is 16.0. The van der Waals surface area contributed by atoms with Gasteiger partial charge in [-0.05, 0) is 12.8 Å². The van der Waals surface area contributed by atoms with Crippen molar-refractivity contribution in [3.05, 3.63) is 18.2 Å². The van der Waals surface area contributed by atoms with E-state index < -0.39 is 10.2 Å². The summed E-state index contributed by atoms with van der Waals surface area (Å²) in [5.41, 5.74) is 0.153. The second-order valence-corrected chi connectivity index (χ2v) is 8.81. The van der Waals surface area contributed by atoms with Gasteiger partial charge in [0.25, 0.3) is 6.33 Å². The Morgan fingerprint density at radius 1 is 1.00 bits per heavy atom. The molecule has 0 bridgehead atoms. The van der Waals surface area contributed by atoms with Crippen LogP contribution >= 0.6 is 0 Å². The molecule has 0 atom stereocenters. The molecule has 0 radical (unpaired) electrons. The Labute approximate surface area is 153 Å². The van der Waals surface area contributed by atoms with Gasteiger partial charge in [0.2, 0.25) is 5.69 Å². The zero-order valence-corrected chi connectivity index (χ0v) is 16.8. The van der Waals surface area contributed by atoms with E-state index in [2.05, 4.69) is 6.92 Å². The molecule has 0 aliphatic rings. The van der Waals surface area contributed by atoms with E-state index in [-0.39, 0.29) is 5.69 Å². The number of carbonyl (C=O) groups excluding carboxylic acids is 1. The van der Waals surface area contributed by atoms with E-state index in [1.165, 1.54) is 71.8 Å². The van der Waals surface area contributed by atoms with E-state index in [9.17, 15) is 13.2 Å². The van der Waals surface area contributed by atoms with Crippen molar-refractivity contribution >= 4 is 16.5 Å². The molecule has 0 spiro atoms. The van der Waals surface area contributed by atoms with Gasteiger partial charge < -0.3 is 0 Å². The SMILES string of the molecule is CCCCCCCCCCCC[n+]1cc(C=O)n(S(=O)(=O)N(C)C)c1. The highest BCUT2D eigenvalue weighted by Gasteiger charge is 2.27. The topological polar surface area (TPSA) is 63.3 Å². The minimum absolute atomic E-state index is 0.153. The van der Waals surface area contributed by atoms with E-state index >= 15 is 0 Å². The molecule has 0 amide bonds. The molecule has 0 saturated heterocycles. The predicted octanol–water partition coefficient (Wildman–Crippen LogP) is 3.16. The Bertz CT molecular complexity index is 609. The second kappa shape index (κ2) is 11.4. The third kappa shape index (κ3) is 7.28. The quantitative estimate of drug-likeness (QED) is 0.286. The molecular formula is C18H34N3O3S+. The van der Waals surface area contributed by atoms with Gasteiger partial charge in [0, 0.05) is 14.1 Å². The van der Waals surface area contributed by atoms with Gasteiger partial charge in [-0.3, -0.25) is 4.79 Å². The van der Waals surface area contributed by atoms with Crippen LogP contribution in [-0.4, -0.2) is 37.1 Å². The van der Waals surface area contributed by atoms with Crippen molar-refractivity contribution in [1.82, 2.24) is 8.28 Å². The number of carbonyl (C=O) groups is 1. The minimum Gasteiger partial charge on any atom is -0.294 e. The maximum atomic E-state index is 12.2. The number of rotatable bonds is 14. The fraction of sp³-hybridized carbons (Fsp3) is 0.778. The predicted molar refractivity (Wildman–Crippen MR) is 99.9 cm³/mol.